The summed E-state index contributed by atoms with van der Waals surface area (Å²) < 4.78 is 11.8. The van der Waals surface area contributed by atoms with Crippen LogP contribution in [0.1, 0.15) is 20.8 Å². The van der Waals surface area contributed by atoms with Crippen LogP contribution >= 0.6 is 0 Å². The van der Waals surface area contributed by atoms with E-state index in [2.05, 4.69) is 25.7 Å². The lowest BCUT2D eigenvalue weighted by atomic mass is 9.93. The minimum atomic E-state index is 0.0819. The van der Waals surface area contributed by atoms with E-state index >= 15 is 0 Å². The number of nitrogens with zero attached hydrogens (tertiary/aromatic N) is 1. The second-order valence-corrected chi connectivity index (χ2v) is 6.19. The molecule has 0 saturated carbocycles. The highest BCUT2D eigenvalue weighted by Crippen LogP contribution is 2.31. The smallest absolute Gasteiger partial charge is 0.161 e. The van der Waals surface area contributed by atoms with Crippen molar-refractivity contribution in [3.05, 3.63) is 24.3 Å². The Balaban J connectivity index is 1.93. The lowest BCUT2D eigenvalue weighted by Gasteiger charge is -2.35. The molecule has 1 aliphatic rings. The van der Waals surface area contributed by atoms with Gasteiger partial charge in [-0.2, -0.15) is 0 Å². The van der Waals surface area contributed by atoms with Gasteiger partial charge in [-0.05, 0) is 30.6 Å². The highest BCUT2D eigenvalue weighted by atomic mass is 16.6. The molecule has 2 rings (SSSR count). The van der Waals surface area contributed by atoms with E-state index in [1.165, 1.54) is 0 Å². The third-order valence-electron chi connectivity index (χ3n) is 3.68. The molecule has 112 valence electrons. The van der Waals surface area contributed by atoms with E-state index in [1.54, 1.807) is 0 Å². The molecule has 1 aromatic carbocycles. The molecule has 0 fully saturated rings. The fourth-order valence-corrected chi connectivity index (χ4v) is 2.42. The quantitative estimate of drug-likeness (QED) is 0.866. The molecule has 0 radical (unpaired) electrons. The van der Waals surface area contributed by atoms with E-state index in [0.717, 1.165) is 31.1 Å². The van der Waals surface area contributed by atoms with Gasteiger partial charge < -0.3 is 15.2 Å². The van der Waals surface area contributed by atoms with Crippen LogP contribution in [0.5, 0.6) is 11.5 Å². The first-order valence-corrected chi connectivity index (χ1v) is 7.35. The van der Waals surface area contributed by atoms with Gasteiger partial charge in [0, 0.05) is 13.1 Å². The number of para-hydroxylation sites is 2. The lowest BCUT2D eigenvalue weighted by molar-refractivity contribution is 0.0498. The van der Waals surface area contributed by atoms with Crippen molar-refractivity contribution in [3.8, 4) is 11.5 Å². The largest absolute Gasteiger partial charge is 0.486 e. The molecular formula is C16H26N2O2. The number of nitrogens with two attached hydrogens (primary N) is 1. The molecule has 0 spiro atoms. The van der Waals surface area contributed by atoms with Crippen LogP contribution in [-0.4, -0.2) is 43.8 Å². The zero-order valence-electron chi connectivity index (χ0n) is 12.8. The predicted octanol–water partition coefficient (Wildman–Crippen LogP) is 2.13. The van der Waals surface area contributed by atoms with Gasteiger partial charge in [0.2, 0.25) is 0 Å². The predicted molar refractivity (Wildman–Crippen MR) is 81.3 cm³/mol. The Morgan fingerprint density at radius 2 is 2.00 bits per heavy atom. The van der Waals surface area contributed by atoms with Crippen LogP contribution in [0.15, 0.2) is 24.3 Å². The zero-order chi connectivity index (χ0) is 14.6. The van der Waals surface area contributed by atoms with Crippen LogP contribution in [0.25, 0.3) is 0 Å². The Labute approximate surface area is 121 Å². The summed E-state index contributed by atoms with van der Waals surface area (Å²) in [5.74, 6) is 1.69. The van der Waals surface area contributed by atoms with Gasteiger partial charge in [-0.25, -0.2) is 0 Å². The van der Waals surface area contributed by atoms with Crippen LogP contribution in [0.4, 0.5) is 0 Å². The molecule has 1 unspecified atom stereocenters. The van der Waals surface area contributed by atoms with Gasteiger partial charge >= 0.3 is 0 Å². The van der Waals surface area contributed by atoms with E-state index in [9.17, 15) is 0 Å². The Morgan fingerprint density at radius 3 is 2.65 bits per heavy atom. The summed E-state index contributed by atoms with van der Waals surface area (Å²) in [7, 11) is 0. The third-order valence-corrected chi connectivity index (χ3v) is 3.68. The molecule has 0 saturated heterocycles. The van der Waals surface area contributed by atoms with Gasteiger partial charge in [-0.1, -0.05) is 32.9 Å². The highest BCUT2D eigenvalue weighted by Gasteiger charge is 2.25. The van der Waals surface area contributed by atoms with Crippen LogP contribution < -0.4 is 15.2 Å². The van der Waals surface area contributed by atoms with Crippen LogP contribution in [0.3, 0.4) is 0 Å². The molecule has 4 nitrogen and oxygen atoms in total. The van der Waals surface area contributed by atoms with Crippen molar-refractivity contribution >= 4 is 0 Å². The fraction of sp³-hybridized carbons (Fsp3) is 0.625. The molecule has 1 atom stereocenters. The van der Waals surface area contributed by atoms with Gasteiger partial charge in [0.15, 0.2) is 11.5 Å². The minimum absolute atomic E-state index is 0.0819. The van der Waals surface area contributed by atoms with Gasteiger partial charge in [0.25, 0.3) is 0 Å². The van der Waals surface area contributed by atoms with Gasteiger partial charge in [-0.3, -0.25) is 4.90 Å². The monoisotopic (exact) mass is 278 g/mol. The highest BCUT2D eigenvalue weighted by molar-refractivity contribution is 5.40. The summed E-state index contributed by atoms with van der Waals surface area (Å²) in [4.78, 5) is 2.38. The second kappa shape index (κ2) is 6.46. The molecule has 0 aromatic heterocycles. The van der Waals surface area contributed by atoms with Crippen molar-refractivity contribution in [2.75, 3.05) is 32.8 Å². The third kappa shape index (κ3) is 3.87. The van der Waals surface area contributed by atoms with Crippen molar-refractivity contribution in [2.45, 2.75) is 26.9 Å². The first kappa shape index (κ1) is 15.1. The number of hydrogen-bond acceptors (Lipinski definition) is 4. The molecule has 2 N–H and O–H groups in total. The van der Waals surface area contributed by atoms with Gasteiger partial charge in [0.05, 0.1) is 0 Å². The van der Waals surface area contributed by atoms with E-state index in [-0.39, 0.29) is 11.5 Å². The molecule has 1 aliphatic heterocycles. The van der Waals surface area contributed by atoms with E-state index < -0.39 is 0 Å². The van der Waals surface area contributed by atoms with Crippen molar-refractivity contribution in [1.82, 2.24) is 4.90 Å². The first-order valence-electron chi connectivity index (χ1n) is 7.35. The number of ether oxygens (including phenoxy) is 2. The summed E-state index contributed by atoms with van der Waals surface area (Å²) in [6.45, 7) is 10.7. The summed E-state index contributed by atoms with van der Waals surface area (Å²) in [5, 5.41) is 0. The Bertz CT molecular complexity index is 434. The van der Waals surface area contributed by atoms with E-state index in [1.807, 2.05) is 24.3 Å². The van der Waals surface area contributed by atoms with Crippen LogP contribution in [0.2, 0.25) is 0 Å². The number of rotatable bonds is 6. The maximum atomic E-state index is 6.01. The van der Waals surface area contributed by atoms with Crippen molar-refractivity contribution in [1.29, 1.82) is 0 Å². The first-order chi connectivity index (χ1) is 9.54. The maximum absolute atomic E-state index is 6.01. The maximum Gasteiger partial charge on any atom is 0.161 e. The Hall–Kier alpha value is -1.26. The van der Waals surface area contributed by atoms with Crippen molar-refractivity contribution in [3.63, 3.8) is 0 Å². The number of benzene rings is 1. The summed E-state index contributed by atoms with van der Waals surface area (Å²) in [5.41, 5.74) is 5.95. The molecule has 1 aromatic rings. The normalized spacial score (nSPS) is 18.4. The molecule has 20 heavy (non-hydrogen) atoms. The Morgan fingerprint density at radius 1 is 1.30 bits per heavy atom. The van der Waals surface area contributed by atoms with Gasteiger partial charge in [-0.15, -0.1) is 0 Å². The zero-order valence-corrected chi connectivity index (χ0v) is 12.8. The minimum Gasteiger partial charge on any atom is -0.486 e. The standard InChI is InChI=1S/C16H26N2O2/c1-4-18(12-16(2,3)11-17)9-13-10-19-14-7-5-6-8-15(14)20-13/h5-8,13H,4,9-12,17H2,1-3H3. The van der Waals surface area contributed by atoms with Crippen molar-refractivity contribution in [2.24, 2.45) is 11.1 Å². The SMILES string of the molecule is CCN(CC1COc2ccccc2O1)CC(C)(C)CN. The molecular weight excluding hydrogens is 252 g/mol. The molecule has 0 amide bonds. The average Bonchev–Trinajstić information content (AvgIpc) is 2.46. The van der Waals surface area contributed by atoms with E-state index in [0.29, 0.717) is 13.2 Å². The Kier molecular flexibility index (Phi) is 4.89. The molecule has 4 heteroatoms. The van der Waals surface area contributed by atoms with Crippen molar-refractivity contribution < 1.29 is 9.47 Å². The van der Waals surface area contributed by atoms with E-state index in [4.69, 9.17) is 15.2 Å². The number of fused-ring (bicyclic) bond motifs is 1. The average molecular weight is 278 g/mol. The van der Waals surface area contributed by atoms with Gasteiger partial charge in [0.1, 0.15) is 12.7 Å². The fourth-order valence-electron chi connectivity index (χ4n) is 2.42. The molecule has 0 bridgehead atoms. The summed E-state index contributed by atoms with van der Waals surface area (Å²) in [6.07, 6.45) is 0.0819. The lowest BCUT2D eigenvalue weighted by Crippen LogP contribution is -2.45. The molecule has 1 heterocycles. The topological polar surface area (TPSA) is 47.7 Å². The summed E-state index contributed by atoms with van der Waals surface area (Å²) in [6, 6.07) is 7.84. The van der Waals surface area contributed by atoms with Crippen LogP contribution in [-0.2, 0) is 0 Å². The summed E-state index contributed by atoms with van der Waals surface area (Å²) >= 11 is 0. The molecule has 0 aliphatic carbocycles. The number of hydrogen-bond donors (Lipinski definition) is 1. The van der Waals surface area contributed by atoms with Crippen LogP contribution in [0, 0.1) is 5.41 Å². The number of likely N-dealkylation sites (N-methyl/N-ethyl adjacent to an activating group) is 1. The second-order valence-electron chi connectivity index (χ2n) is 6.19.